The van der Waals surface area contributed by atoms with E-state index in [1.807, 2.05) is 18.2 Å². The van der Waals surface area contributed by atoms with Gasteiger partial charge < -0.3 is 11.1 Å². The fraction of sp³-hybridized carbons (Fsp3) is 0.500. The maximum absolute atomic E-state index is 12.4. The van der Waals surface area contributed by atoms with Crippen molar-refractivity contribution in [2.24, 2.45) is 11.8 Å². The lowest BCUT2D eigenvalue weighted by molar-refractivity contribution is 0.0911. The standard InChI is InChI=1S/C16H21N3OS/c1-9-3-5-12(7-10(9)2)18-15(20)11-4-6-13-14(8-11)21-16(17)19-13/h4,6,8-10,12H,3,5,7H2,1-2H3,(H2,17,19)(H,18,20). The Labute approximate surface area is 128 Å². The second kappa shape index (κ2) is 5.64. The Morgan fingerprint density at radius 3 is 2.90 bits per heavy atom. The van der Waals surface area contributed by atoms with Crippen LogP contribution in [0.2, 0.25) is 0 Å². The summed E-state index contributed by atoms with van der Waals surface area (Å²) in [6.07, 6.45) is 3.34. The molecule has 3 unspecified atom stereocenters. The zero-order chi connectivity index (χ0) is 15.0. The van der Waals surface area contributed by atoms with Crippen LogP contribution in [-0.2, 0) is 0 Å². The summed E-state index contributed by atoms with van der Waals surface area (Å²) in [5.74, 6) is 1.44. The van der Waals surface area contributed by atoms with Crippen molar-refractivity contribution >= 4 is 32.6 Å². The molecule has 0 radical (unpaired) electrons. The zero-order valence-electron chi connectivity index (χ0n) is 12.4. The summed E-state index contributed by atoms with van der Waals surface area (Å²) < 4.78 is 0.964. The highest BCUT2D eigenvalue weighted by Crippen LogP contribution is 2.30. The molecule has 1 aliphatic rings. The number of carbonyl (C=O) groups is 1. The number of nitrogens with one attached hydrogen (secondary N) is 1. The largest absolute Gasteiger partial charge is 0.375 e. The van der Waals surface area contributed by atoms with Gasteiger partial charge in [0.15, 0.2) is 5.13 Å². The average Bonchev–Trinajstić information content (AvgIpc) is 2.82. The Morgan fingerprint density at radius 1 is 1.33 bits per heavy atom. The van der Waals surface area contributed by atoms with Gasteiger partial charge in [0.2, 0.25) is 0 Å². The van der Waals surface area contributed by atoms with E-state index in [0.717, 1.165) is 29.0 Å². The molecule has 0 spiro atoms. The molecule has 21 heavy (non-hydrogen) atoms. The number of anilines is 1. The number of thiazole rings is 1. The van der Waals surface area contributed by atoms with Gasteiger partial charge in [-0.15, -0.1) is 0 Å². The number of amides is 1. The first-order valence-corrected chi connectivity index (χ1v) is 8.31. The quantitative estimate of drug-likeness (QED) is 0.893. The van der Waals surface area contributed by atoms with Gasteiger partial charge in [-0.2, -0.15) is 0 Å². The molecule has 1 aliphatic carbocycles. The smallest absolute Gasteiger partial charge is 0.251 e. The number of benzene rings is 1. The molecule has 0 bridgehead atoms. The lowest BCUT2D eigenvalue weighted by Crippen LogP contribution is -2.39. The topological polar surface area (TPSA) is 68.0 Å². The fourth-order valence-corrected chi connectivity index (χ4v) is 3.80. The van der Waals surface area contributed by atoms with Crippen molar-refractivity contribution < 1.29 is 4.79 Å². The number of hydrogen-bond donors (Lipinski definition) is 2. The molecule has 4 nitrogen and oxygen atoms in total. The van der Waals surface area contributed by atoms with E-state index in [0.29, 0.717) is 22.7 Å². The van der Waals surface area contributed by atoms with E-state index >= 15 is 0 Å². The van der Waals surface area contributed by atoms with Crippen molar-refractivity contribution in [2.45, 2.75) is 39.2 Å². The number of hydrogen-bond acceptors (Lipinski definition) is 4. The number of nitrogens with zero attached hydrogens (tertiary/aromatic N) is 1. The molecule has 1 aromatic carbocycles. The van der Waals surface area contributed by atoms with Gasteiger partial charge >= 0.3 is 0 Å². The number of aromatic nitrogens is 1. The van der Waals surface area contributed by atoms with Crippen LogP contribution in [-0.4, -0.2) is 16.9 Å². The lowest BCUT2D eigenvalue weighted by Gasteiger charge is -2.32. The number of nitrogens with two attached hydrogens (primary N) is 1. The van der Waals surface area contributed by atoms with Gasteiger partial charge in [0.05, 0.1) is 10.2 Å². The highest BCUT2D eigenvalue weighted by molar-refractivity contribution is 7.22. The Morgan fingerprint density at radius 2 is 2.14 bits per heavy atom. The Bertz CT molecular complexity index is 667. The van der Waals surface area contributed by atoms with Crippen LogP contribution in [0.4, 0.5) is 5.13 Å². The van der Waals surface area contributed by atoms with Crippen molar-refractivity contribution in [1.29, 1.82) is 0 Å². The summed E-state index contributed by atoms with van der Waals surface area (Å²) in [6.45, 7) is 4.57. The molecule has 3 atom stereocenters. The zero-order valence-corrected chi connectivity index (χ0v) is 13.2. The summed E-state index contributed by atoms with van der Waals surface area (Å²) in [5.41, 5.74) is 7.25. The lowest BCUT2D eigenvalue weighted by atomic mass is 9.79. The predicted octanol–water partition coefficient (Wildman–Crippen LogP) is 3.43. The van der Waals surface area contributed by atoms with E-state index in [9.17, 15) is 4.79 Å². The van der Waals surface area contributed by atoms with Crippen LogP contribution in [0.1, 0.15) is 43.5 Å². The molecule has 3 N–H and O–H groups in total. The van der Waals surface area contributed by atoms with Gasteiger partial charge in [0, 0.05) is 11.6 Å². The van der Waals surface area contributed by atoms with E-state index < -0.39 is 0 Å². The highest BCUT2D eigenvalue weighted by Gasteiger charge is 2.25. The van der Waals surface area contributed by atoms with Crippen LogP contribution in [0.5, 0.6) is 0 Å². The molecular weight excluding hydrogens is 282 g/mol. The van der Waals surface area contributed by atoms with Crippen molar-refractivity contribution in [1.82, 2.24) is 10.3 Å². The van der Waals surface area contributed by atoms with E-state index in [2.05, 4.69) is 24.1 Å². The van der Waals surface area contributed by atoms with Gasteiger partial charge in [0.1, 0.15) is 0 Å². The van der Waals surface area contributed by atoms with Gasteiger partial charge in [0.25, 0.3) is 5.91 Å². The Kier molecular flexibility index (Phi) is 3.85. The van der Waals surface area contributed by atoms with E-state index in [4.69, 9.17) is 5.73 Å². The summed E-state index contributed by atoms with van der Waals surface area (Å²) in [5, 5.41) is 3.71. The van der Waals surface area contributed by atoms with E-state index in [1.165, 1.54) is 17.8 Å². The summed E-state index contributed by atoms with van der Waals surface area (Å²) in [7, 11) is 0. The van der Waals surface area contributed by atoms with Gasteiger partial charge in [-0.05, 0) is 49.3 Å². The van der Waals surface area contributed by atoms with Crippen LogP contribution in [0.25, 0.3) is 10.2 Å². The third-order valence-electron chi connectivity index (χ3n) is 4.60. The minimum absolute atomic E-state index is 0.00984. The van der Waals surface area contributed by atoms with Crippen molar-refractivity contribution in [3.05, 3.63) is 23.8 Å². The van der Waals surface area contributed by atoms with Crippen molar-refractivity contribution in [2.75, 3.05) is 5.73 Å². The van der Waals surface area contributed by atoms with E-state index in [-0.39, 0.29) is 5.91 Å². The van der Waals surface area contributed by atoms with Crippen LogP contribution in [0.15, 0.2) is 18.2 Å². The van der Waals surface area contributed by atoms with Crippen LogP contribution < -0.4 is 11.1 Å². The van der Waals surface area contributed by atoms with Crippen LogP contribution in [0.3, 0.4) is 0 Å². The first-order valence-electron chi connectivity index (χ1n) is 7.50. The minimum Gasteiger partial charge on any atom is -0.375 e. The number of carbonyl (C=O) groups excluding carboxylic acids is 1. The molecule has 2 aromatic rings. The molecule has 1 fully saturated rings. The predicted molar refractivity (Wildman–Crippen MR) is 87.5 cm³/mol. The van der Waals surface area contributed by atoms with Gasteiger partial charge in [-0.3, -0.25) is 4.79 Å². The van der Waals surface area contributed by atoms with Gasteiger partial charge in [-0.1, -0.05) is 25.2 Å². The highest BCUT2D eigenvalue weighted by atomic mass is 32.1. The molecule has 1 amide bonds. The third-order valence-corrected chi connectivity index (χ3v) is 5.45. The fourth-order valence-electron chi connectivity index (χ4n) is 3.03. The molecule has 0 aliphatic heterocycles. The maximum Gasteiger partial charge on any atom is 0.251 e. The summed E-state index contributed by atoms with van der Waals surface area (Å²) in [4.78, 5) is 16.6. The van der Waals surface area contributed by atoms with Crippen LogP contribution >= 0.6 is 11.3 Å². The second-order valence-electron chi connectivity index (χ2n) is 6.17. The SMILES string of the molecule is CC1CCC(NC(=O)c2ccc3nc(N)sc3c2)CC1C. The third kappa shape index (κ3) is 3.02. The number of rotatable bonds is 2. The first-order chi connectivity index (χ1) is 10.0. The normalized spacial score (nSPS) is 25.9. The molecule has 5 heteroatoms. The van der Waals surface area contributed by atoms with Gasteiger partial charge in [-0.25, -0.2) is 4.98 Å². The van der Waals surface area contributed by atoms with E-state index in [1.54, 1.807) is 0 Å². The van der Waals surface area contributed by atoms with Crippen LogP contribution in [0, 0.1) is 11.8 Å². The number of nitrogen functional groups attached to an aromatic ring is 1. The molecule has 1 aromatic heterocycles. The van der Waals surface area contributed by atoms with Crippen molar-refractivity contribution in [3.63, 3.8) is 0 Å². The molecule has 112 valence electrons. The second-order valence-corrected chi connectivity index (χ2v) is 7.23. The minimum atomic E-state index is 0.00984. The maximum atomic E-state index is 12.4. The Balaban J connectivity index is 1.71. The van der Waals surface area contributed by atoms with Crippen molar-refractivity contribution in [3.8, 4) is 0 Å². The molecule has 3 rings (SSSR count). The summed E-state index contributed by atoms with van der Waals surface area (Å²) in [6, 6.07) is 5.87. The number of fused-ring (bicyclic) bond motifs is 1. The molecule has 1 saturated carbocycles. The molecule has 0 saturated heterocycles. The molecule has 1 heterocycles. The average molecular weight is 303 g/mol. The first kappa shape index (κ1) is 14.3. The molecular formula is C16H21N3OS. The Hall–Kier alpha value is -1.62. The monoisotopic (exact) mass is 303 g/mol. The summed E-state index contributed by atoms with van der Waals surface area (Å²) >= 11 is 1.42.